The molecule has 1 aliphatic carbocycles. The van der Waals surface area contributed by atoms with E-state index in [0.717, 1.165) is 19.3 Å². The Balaban J connectivity index is 2.06. The Hall–Kier alpha value is -2.71. The Bertz CT molecular complexity index is 835. The van der Waals surface area contributed by atoms with Crippen molar-refractivity contribution in [2.45, 2.75) is 77.8 Å². The summed E-state index contributed by atoms with van der Waals surface area (Å²) < 4.78 is 22.0. The van der Waals surface area contributed by atoms with Gasteiger partial charge in [0.05, 0.1) is 19.3 Å². The van der Waals surface area contributed by atoms with Crippen molar-refractivity contribution in [3.8, 4) is 0 Å². The van der Waals surface area contributed by atoms with Crippen LogP contribution in [0, 0.1) is 0 Å². The lowest BCUT2D eigenvalue weighted by molar-refractivity contribution is -0.192. The lowest BCUT2D eigenvalue weighted by atomic mass is 10.1. The molecule has 0 spiro atoms. The van der Waals surface area contributed by atoms with Crippen molar-refractivity contribution >= 4 is 17.8 Å². The molecule has 2 aliphatic rings. The van der Waals surface area contributed by atoms with Crippen molar-refractivity contribution in [2.75, 3.05) is 19.8 Å². The molecule has 1 heterocycles. The van der Waals surface area contributed by atoms with Gasteiger partial charge in [-0.25, -0.2) is 4.79 Å². The minimum Gasteiger partial charge on any atom is -0.457 e. The Kier molecular flexibility index (Phi) is 10.7. The molecular weight excluding hydrogens is 438 g/mol. The fraction of sp³-hybridized carbons (Fsp3) is 0.577. The molecule has 0 radical (unpaired) electrons. The highest BCUT2D eigenvalue weighted by Gasteiger charge is 2.44. The van der Waals surface area contributed by atoms with Crippen LogP contribution in [0.25, 0.3) is 0 Å². The molecule has 0 aromatic heterocycles. The maximum Gasteiger partial charge on any atom is 0.351 e. The molecule has 0 bridgehead atoms. The molecule has 2 rings (SSSR count). The molecular formula is C26H37NO7. The summed E-state index contributed by atoms with van der Waals surface area (Å²) in [5, 5.41) is 0. The zero-order chi connectivity index (χ0) is 25.1. The molecule has 0 aromatic carbocycles. The quantitative estimate of drug-likeness (QED) is 0.271. The Morgan fingerprint density at radius 1 is 1.24 bits per heavy atom. The van der Waals surface area contributed by atoms with Crippen molar-refractivity contribution in [1.82, 2.24) is 4.90 Å². The summed E-state index contributed by atoms with van der Waals surface area (Å²) >= 11 is 0. The monoisotopic (exact) mass is 475 g/mol. The second kappa shape index (κ2) is 13.2. The molecule has 3 atom stereocenters. The molecule has 34 heavy (non-hydrogen) atoms. The number of amides is 1. The van der Waals surface area contributed by atoms with E-state index >= 15 is 0 Å². The highest BCUT2D eigenvalue weighted by Crippen LogP contribution is 2.22. The lowest BCUT2D eigenvalue weighted by Crippen LogP contribution is -2.55. The minimum absolute atomic E-state index is 0.176. The van der Waals surface area contributed by atoms with Gasteiger partial charge in [0.2, 0.25) is 6.10 Å². The fourth-order valence-corrected chi connectivity index (χ4v) is 3.39. The summed E-state index contributed by atoms with van der Waals surface area (Å²) in [6, 6.07) is 0. The third-order valence-electron chi connectivity index (χ3n) is 4.88. The predicted molar refractivity (Wildman–Crippen MR) is 128 cm³/mol. The van der Waals surface area contributed by atoms with Crippen LogP contribution >= 0.6 is 0 Å². The van der Waals surface area contributed by atoms with Crippen molar-refractivity contribution < 1.29 is 33.3 Å². The maximum atomic E-state index is 13.3. The number of ether oxygens (including phenoxy) is 4. The first-order valence-corrected chi connectivity index (χ1v) is 11.8. The van der Waals surface area contributed by atoms with Gasteiger partial charge >= 0.3 is 11.9 Å². The number of allylic oxidation sites excluding steroid dienone is 4. The van der Waals surface area contributed by atoms with Crippen LogP contribution < -0.4 is 0 Å². The van der Waals surface area contributed by atoms with Crippen LogP contribution in [0.3, 0.4) is 0 Å². The van der Waals surface area contributed by atoms with Gasteiger partial charge in [-0.15, -0.1) is 0 Å². The number of unbranched alkanes of at least 4 members (excludes halogenated alkanes) is 1. The largest absolute Gasteiger partial charge is 0.457 e. The second-order valence-electron chi connectivity index (χ2n) is 9.06. The normalized spacial score (nSPS) is 21.9. The summed E-state index contributed by atoms with van der Waals surface area (Å²) in [6.07, 6.45) is 13.5. The van der Waals surface area contributed by atoms with E-state index in [1.54, 1.807) is 26.8 Å². The van der Waals surface area contributed by atoms with Crippen molar-refractivity contribution in [2.24, 2.45) is 0 Å². The van der Waals surface area contributed by atoms with Gasteiger partial charge in [0, 0.05) is 19.2 Å². The van der Waals surface area contributed by atoms with E-state index in [9.17, 15) is 14.4 Å². The van der Waals surface area contributed by atoms with Gasteiger partial charge in [-0.05, 0) is 51.8 Å². The molecule has 8 nitrogen and oxygen atoms in total. The third-order valence-corrected chi connectivity index (χ3v) is 4.88. The van der Waals surface area contributed by atoms with Gasteiger partial charge in [-0.1, -0.05) is 37.6 Å². The van der Waals surface area contributed by atoms with E-state index < -0.39 is 35.7 Å². The van der Waals surface area contributed by atoms with Gasteiger partial charge < -0.3 is 23.8 Å². The number of hydrogen-bond acceptors (Lipinski definition) is 7. The van der Waals surface area contributed by atoms with Gasteiger partial charge in [-0.2, -0.15) is 0 Å². The first-order valence-electron chi connectivity index (χ1n) is 11.8. The van der Waals surface area contributed by atoms with Crippen LogP contribution in [-0.4, -0.2) is 66.4 Å². The van der Waals surface area contributed by atoms with Crippen LogP contribution in [0.2, 0.25) is 0 Å². The van der Waals surface area contributed by atoms with Crippen LogP contribution in [0.4, 0.5) is 0 Å². The summed E-state index contributed by atoms with van der Waals surface area (Å²) in [6.45, 7) is 9.46. The van der Waals surface area contributed by atoms with Crippen molar-refractivity contribution in [1.29, 1.82) is 0 Å². The van der Waals surface area contributed by atoms with Crippen molar-refractivity contribution in [3.63, 3.8) is 0 Å². The Morgan fingerprint density at radius 3 is 2.65 bits per heavy atom. The van der Waals surface area contributed by atoms with Gasteiger partial charge in [0.25, 0.3) is 5.91 Å². The molecule has 1 amide bonds. The highest BCUT2D eigenvalue weighted by molar-refractivity contribution is 5.91. The van der Waals surface area contributed by atoms with Crippen molar-refractivity contribution in [3.05, 3.63) is 48.2 Å². The first-order chi connectivity index (χ1) is 16.1. The number of rotatable bonds is 10. The summed E-state index contributed by atoms with van der Waals surface area (Å²) in [5.74, 6) is -2.01. The van der Waals surface area contributed by atoms with Gasteiger partial charge in [0.15, 0.2) is 6.10 Å². The number of esters is 2. The van der Waals surface area contributed by atoms with Gasteiger partial charge in [-0.3, -0.25) is 9.59 Å². The topological polar surface area (TPSA) is 91.4 Å². The molecule has 1 aliphatic heterocycles. The van der Waals surface area contributed by atoms with Crippen LogP contribution in [0.1, 0.15) is 53.9 Å². The highest BCUT2D eigenvalue weighted by atomic mass is 16.6. The van der Waals surface area contributed by atoms with E-state index in [1.807, 2.05) is 24.3 Å². The van der Waals surface area contributed by atoms with E-state index in [1.165, 1.54) is 11.8 Å². The second-order valence-corrected chi connectivity index (χ2v) is 9.06. The summed E-state index contributed by atoms with van der Waals surface area (Å²) in [7, 11) is 0. The number of carbonyl (C=O) groups excluding carboxylic acids is 3. The van der Waals surface area contributed by atoms with Crippen LogP contribution in [-0.2, 0) is 33.3 Å². The predicted octanol–water partition coefficient (Wildman–Crippen LogP) is 3.63. The zero-order valence-electron chi connectivity index (χ0n) is 20.8. The number of carbonyl (C=O) groups is 3. The average Bonchev–Trinajstić information content (AvgIpc) is 2.99. The van der Waals surface area contributed by atoms with Crippen LogP contribution in [0.5, 0.6) is 0 Å². The molecule has 0 saturated carbocycles. The Morgan fingerprint density at radius 2 is 1.97 bits per heavy atom. The summed E-state index contributed by atoms with van der Waals surface area (Å²) in [4.78, 5) is 39.1. The smallest absolute Gasteiger partial charge is 0.351 e. The fourth-order valence-electron chi connectivity index (χ4n) is 3.39. The third kappa shape index (κ3) is 8.91. The van der Waals surface area contributed by atoms with Gasteiger partial charge in [0.1, 0.15) is 5.60 Å². The lowest BCUT2D eigenvalue weighted by Gasteiger charge is -2.36. The van der Waals surface area contributed by atoms with Crippen LogP contribution in [0.15, 0.2) is 48.2 Å². The van der Waals surface area contributed by atoms with E-state index in [-0.39, 0.29) is 12.7 Å². The number of hydrogen-bond donors (Lipinski definition) is 0. The van der Waals surface area contributed by atoms with E-state index in [4.69, 9.17) is 18.9 Å². The summed E-state index contributed by atoms with van der Waals surface area (Å²) in [5.41, 5.74) is -0.181. The SMILES string of the molecule is CCC/C=C\CCOC1C=CC=C(N2CCOC(C(OC(C)=O)C(=O)OC(C)(C)C)C2=O)C=C1. The van der Waals surface area contributed by atoms with E-state index in [0.29, 0.717) is 18.8 Å². The number of morpholine rings is 1. The molecule has 8 heteroatoms. The molecule has 0 aromatic rings. The average molecular weight is 476 g/mol. The number of nitrogens with zero attached hydrogens (tertiary/aromatic N) is 1. The molecule has 0 N–H and O–H groups in total. The minimum atomic E-state index is -1.49. The first kappa shape index (κ1) is 27.5. The molecule has 1 saturated heterocycles. The molecule has 3 unspecified atom stereocenters. The van der Waals surface area contributed by atoms with E-state index in [2.05, 4.69) is 19.1 Å². The molecule has 188 valence electrons. The maximum absolute atomic E-state index is 13.3. The standard InChI is InChI=1S/C26H37NO7/c1-6-7-8-9-10-17-31-21-13-11-12-20(14-15-21)27-16-18-32-22(24(27)29)23(33-19(2)28)25(30)34-26(3,4)5/h8-9,11-15,21-23H,6-7,10,16-18H2,1-5H3/b9-8-. The Labute approximate surface area is 202 Å². The molecule has 1 fully saturated rings. The zero-order valence-corrected chi connectivity index (χ0v) is 20.8.